The third-order valence-electron chi connectivity index (χ3n) is 2.53. The second-order valence-electron chi connectivity index (χ2n) is 4.24. The number of carbonyl (C=O) groups excluding carboxylic acids is 1. The molecule has 2 rings (SSSR count). The number of hydrogen-bond acceptors (Lipinski definition) is 5. The van der Waals surface area contributed by atoms with E-state index in [-0.39, 0.29) is 12.5 Å². The van der Waals surface area contributed by atoms with Gasteiger partial charge in [0.05, 0.1) is 6.54 Å². The van der Waals surface area contributed by atoms with Crippen LogP contribution in [0.5, 0.6) is 0 Å². The molecule has 0 aliphatic carbocycles. The molecule has 0 aliphatic rings. The topological polar surface area (TPSA) is 66.9 Å². The summed E-state index contributed by atoms with van der Waals surface area (Å²) < 4.78 is 0. The van der Waals surface area contributed by atoms with Crippen LogP contribution in [0.3, 0.4) is 0 Å². The zero-order valence-electron chi connectivity index (χ0n) is 10.9. The van der Waals surface area contributed by atoms with Crippen LogP contribution in [0.25, 0.3) is 0 Å². The minimum absolute atomic E-state index is 0.111. The number of hydrogen-bond donors (Lipinski definition) is 2. The molecule has 1 heterocycles. The van der Waals surface area contributed by atoms with Crippen molar-refractivity contribution in [2.24, 2.45) is 0 Å². The normalized spacial score (nSPS) is 10.4. The first-order valence-corrected chi connectivity index (χ1v) is 6.81. The van der Waals surface area contributed by atoms with Gasteiger partial charge in [-0.05, 0) is 19.5 Å². The van der Waals surface area contributed by atoms with Gasteiger partial charge in [-0.2, -0.15) is 0 Å². The first kappa shape index (κ1) is 13.6. The van der Waals surface area contributed by atoms with Gasteiger partial charge in [-0.15, -0.1) is 10.2 Å². The summed E-state index contributed by atoms with van der Waals surface area (Å²) in [6.07, 6.45) is 0.736. The molecular weight excluding hydrogens is 260 g/mol. The molecule has 1 aromatic heterocycles. The van der Waals surface area contributed by atoms with E-state index in [1.807, 2.05) is 0 Å². The van der Waals surface area contributed by atoms with Crippen molar-refractivity contribution in [1.82, 2.24) is 15.5 Å². The Bertz CT molecular complexity index is 550. The van der Waals surface area contributed by atoms with Crippen molar-refractivity contribution in [2.45, 2.75) is 13.3 Å². The van der Waals surface area contributed by atoms with Crippen molar-refractivity contribution in [3.63, 3.8) is 0 Å². The lowest BCUT2D eigenvalue weighted by Gasteiger charge is -1.99. The number of benzene rings is 1. The van der Waals surface area contributed by atoms with Crippen LogP contribution < -0.4 is 10.6 Å². The Balaban J connectivity index is 1.97. The molecule has 5 nitrogen and oxygen atoms in total. The van der Waals surface area contributed by atoms with Crippen LogP contribution in [-0.2, 0) is 11.2 Å². The maximum atomic E-state index is 11.4. The standard InChI is InChI=1S/C13H16N4OS/c1-9-3-5-10(6-4-9)7-12-16-17-13(19-12)15-11(18)8-14-2/h3-6,14H,7-8H2,1-2H3,(H,15,17,18). The Kier molecular flexibility index (Phi) is 4.59. The molecule has 2 aromatic rings. The average Bonchev–Trinajstić information content (AvgIpc) is 2.80. The highest BCUT2D eigenvalue weighted by Crippen LogP contribution is 2.18. The molecule has 6 heteroatoms. The van der Waals surface area contributed by atoms with Crippen LogP contribution in [0.4, 0.5) is 5.13 Å². The van der Waals surface area contributed by atoms with E-state index in [9.17, 15) is 4.79 Å². The fourth-order valence-electron chi connectivity index (χ4n) is 1.58. The second kappa shape index (κ2) is 6.40. The molecule has 0 saturated carbocycles. The van der Waals surface area contributed by atoms with Crippen molar-refractivity contribution >= 4 is 22.4 Å². The van der Waals surface area contributed by atoms with Gasteiger partial charge in [-0.1, -0.05) is 41.2 Å². The van der Waals surface area contributed by atoms with E-state index in [0.29, 0.717) is 5.13 Å². The summed E-state index contributed by atoms with van der Waals surface area (Å²) in [5.41, 5.74) is 2.43. The van der Waals surface area contributed by atoms with E-state index in [2.05, 4.69) is 52.0 Å². The number of likely N-dealkylation sites (N-methyl/N-ethyl adjacent to an activating group) is 1. The van der Waals surface area contributed by atoms with Crippen LogP contribution in [0.15, 0.2) is 24.3 Å². The third kappa shape index (κ3) is 4.11. The number of amides is 1. The summed E-state index contributed by atoms with van der Waals surface area (Å²) in [7, 11) is 1.72. The minimum atomic E-state index is -0.111. The molecule has 0 radical (unpaired) electrons. The molecule has 2 N–H and O–H groups in total. The molecule has 0 saturated heterocycles. The zero-order chi connectivity index (χ0) is 13.7. The minimum Gasteiger partial charge on any atom is -0.311 e. The van der Waals surface area contributed by atoms with Crippen molar-refractivity contribution < 1.29 is 4.79 Å². The summed E-state index contributed by atoms with van der Waals surface area (Å²) in [5, 5.41) is 15.0. The molecule has 100 valence electrons. The summed E-state index contributed by atoms with van der Waals surface area (Å²) in [5.74, 6) is -0.111. The Morgan fingerprint density at radius 1 is 1.26 bits per heavy atom. The highest BCUT2D eigenvalue weighted by Gasteiger charge is 2.07. The molecular formula is C13H16N4OS. The van der Waals surface area contributed by atoms with Gasteiger partial charge in [0.2, 0.25) is 11.0 Å². The average molecular weight is 276 g/mol. The van der Waals surface area contributed by atoms with Crippen molar-refractivity contribution in [2.75, 3.05) is 18.9 Å². The Morgan fingerprint density at radius 3 is 2.68 bits per heavy atom. The summed E-state index contributed by atoms with van der Waals surface area (Å²) in [4.78, 5) is 11.4. The van der Waals surface area contributed by atoms with Gasteiger partial charge in [-0.3, -0.25) is 10.1 Å². The van der Waals surface area contributed by atoms with E-state index >= 15 is 0 Å². The molecule has 0 unspecified atom stereocenters. The molecule has 1 aromatic carbocycles. The van der Waals surface area contributed by atoms with E-state index in [4.69, 9.17) is 0 Å². The molecule has 0 aliphatic heterocycles. The number of anilines is 1. The summed E-state index contributed by atoms with van der Waals surface area (Å²) in [6.45, 7) is 2.33. The van der Waals surface area contributed by atoms with Gasteiger partial charge in [-0.25, -0.2) is 0 Å². The summed E-state index contributed by atoms with van der Waals surface area (Å²) >= 11 is 1.40. The first-order chi connectivity index (χ1) is 9.17. The zero-order valence-corrected chi connectivity index (χ0v) is 11.8. The summed E-state index contributed by atoms with van der Waals surface area (Å²) in [6, 6.07) is 8.31. The molecule has 0 fully saturated rings. The molecule has 0 spiro atoms. The van der Waals surface area contributed by atoms with E-state index < -0.39 is 0 Å². The SMILES string of the molecule is CNCC(=O)Nc1nnc(Cc2ccc(C)cc2)s1. The van der Waals surface area contributed by atoms with Crippen LogP contribution in [0.1, 0.15) is 16.1 Å². The number of aromatic nitrogens is 2. The van der Waals surface area contributed by atoms with Crippen molar-refractivity contribution in [1.29, 1.82) is 0 Å². The molecule has 19 heavy (non-hydrogen) atoms. The lowest BCUT2D eigenvalue weighted by Crippen LogP contribution is -2.24. The fraction of sp³-hybridized carbons (Fsp3) is 0.308. The molecule has 0 bridgehead atoms. The highest BCUT2D eigenvalue weighted by atomic mass is 32.1. The number of rotatable bonds is 5. The van der Waals surface area contributed by atoms with Gasteiger partial charge >= 0.3 is 0 Å². The maximum absolute atomic E-state index is 11.4. The number of aryl methyl sites for hydroxylation is 1. The van der Waals surface area contributed by atoms with Crippen LogP contribution in [0, 0.1) is 6.92 Å². The number of nitrogens with zero attached hydrogens (tertiary/aromatic N) is 2. The van der Waals surface area contributed by atoms with Gasteiger partial charge in [0.1, 0.15) is 5.01 Å². The highest BCUT2D eigenvalue weighted by molar-refractivity contribution is 7.15. The van der Waals surface area contributed by atoms with Crippen LogP contribution in [-0.4, -0.2) is 29.7 Å². The van der Waals surface area contributed by atoms with Gasteiger partial charge in [0.25, 0.3) is 0 Å². The van der Waals surface area contributed by atoms with E-state index in [0.717, 1.165) is 11.4 Å². The fourth-order valence-corrected chi connectivity index (χ4v) is 2.37. The Labute approximate surface area is 116 Å². The number of nitrogens with one attached hydrogen (secondary N) is 2. The van der Waals surface area contributed by atoms with E-state index in [1.165, 1.54) is 22.5 Å². The quantitative estimate of drug-likeness (QED) is 0.870. The van der Waals surface area contributed by atoms with Crippen molar-refractivity contribution in [3.05, 3.63) is 40.4 Å². The predicted molar refractivity (Wildman–Crippen MR) is 76.5 cm³/mol. The lowest BCUT2D eigenvalue weighted by molar-refractivity contribution is -0.115. The smallest absolute Gasteiger partial charge is 0.240 e. The van der Waals surface area contributed by atoms with Gasteiger partial charge < -0.3 is 5.32 Å². The maximum Gasteiger partial charge on any atom is 0.240 e. The molecule has 1 amide bonds. The van der Waals surface area contributed by atoms with Gasteiger partial charge in [0.15, 0.2) is 0 Å². The molecule has 0 atom stereocenters. The Hall–Kier alpha value is -1.79. The monoisotopic (exact) mass is 276 g/mol. The van der Waals surface area contributed by atoms with Crippen molar-refractivity contribution in [3.8, 4) is 0 Å². The van der Waals surface area contributed by atoms with Crippen LogP contribution >= 0.6 is 11.3 Å². The van der Waals surface area contributed by atoms with Gasteiger partial charge in [0, 0.05) is 6.42 Å². The largest absolute Gasteiger partial charge is 0.311 e. The van der Waals surface area contributed by atoms with Crippen LogP contribution in [0.2, 0.25) is 0 Å². The third-order valence-corrected chi connectivity index (χ3v) is 3.37. The Morgan fingerprint density at radius 2 is 2.00 bits per heavy atom. The van der Waals surface area contributed by atoms with E-state index in [1.54, 1.807) is 7.05 Å². The lowest BCUT2D eigenvalue weighted by atomic mass is 10.1. The second-order valence-corrected chi connectivity index (χ2v) is 5.30. The first-order valence-electron chi connectivity index (χ1n) is 6.00. The predicted octanol–water partition coefficient (Wildman–Crippen LogP) is 1.60. The number of carbonyl (C=O) groups is 1.